The second-order valence-electron chi connectivity index (χ2n) is 6.61. The quantitative estimate of drug-likeness (QED) is 0.911. The molecule has 1 aromatic rings. The first kappa shape index (κ1) is 17.8. The van der Waals surface area contributed by atoms with Gasteiger partial charge < -0.3 is 10.2 Å². The summed E-state index contributed by atoms with van der Waals surface area (Å²) in [6.45, 7) is 1.72. The fourth-order valence-electron chi connectivity index (χ4n) is 3.46. The van der Waals surface area contributed by atoms with Gasteiger partial charge in [-0.3, -0.25) is 9.69 Å². The van der Waals surface area contributed by atoms with Gasteiger partial charge in [-0.05, 0) is 37.0 Å². The first-order valence-electron chi connectivity index (χ1n) is 8.75. The van der Waals surface area contributed by atoms with E-state index in [1.165, 1.54) is 0 Å². The molecule has 0 atom stereocenters. The van der Waals surface area contributed by atoms with Gasteiger partial charge in [-0.25, -0.2) is 13.6 Å². The lowest BCUT2D eigenvalue weighted by Gasteiger charge is -2.22. The molecule has 3 rings (SSSR count). The van der Waals surface area contributed by atoms with E-state index in [1.807, 2.05) is 12.1 Å². The standard InChI is InChI=1S/C18H23F2N3O2/c19-17(20)12-22-7-2-8-23(10-9-22)18(25)21-14-6-5-13-3-1-4-16(24)15(13)11-14/h5-6,11,17H,1-4,7-10,12H2,(H,21,25). The van der Waals surface area contributed by atoms with Crippen LogP contribution in [0.15, 0.2) is 18.2 Å². The fourth-order valence-corrected chi connectivity index (χ4v) is 3.46. The van der Waals surface area contributed by atoms with E-state index < -0.39 is 6.43 Å². The molecule has 1 heterocycles. The van der Waals surface area contributed by atoms with Crippen LogP contribution in [0.25, 0.3) is 0 Å². The van der Waals surface area contributed by atoms with Crippen molar-refractivity contribution >= 4 is 17.5 Å². The number of anilines is 1. The van der Waals surface area contributed by atoms with Gasteiger partial charge in [0.2, 0.25) is 0 Å². The molecular formula is C18H23F2N3O2. The molecule has 1 N–H and O–H groups in total. The number of amides is 2. The van der Waals surface area contributed by atoms with Crippen molar-refractivity contribution < 1.29 is 18.4 Å². The van der Waals surface area contributed by atoms with Gasteiger partial charge in [-0.1, -0.05) is 6.07 Å². The van der Waals surface area contributed by atoms with Crippen LogP contribution in [0.3, 0.4) is 0 Å². The number of hydrogen-bond donors (Lipinski definition) is 1. The highest BCUT2D eigenvalue weighted by Gasteiger charge is 2.22. The van der Waals surface area contributed by atoms with E-state index in [9.17, 15) is 18.4 Å². The number of Topliss-reactive ketones (excluding diaryl/α,β-unsaturated/α-hetero) is 1. The summed E-state index contributed by atoms with van der Waals surface area (Å²) in [5.41, 5.74) is 2.34. The van der Waals surface area contributed by atoms with E-state index in [2.05, 4.69) is 5.32 Å². The van der Waals surface area contributed by atoms with E-state index in [0.29, 0.717) is 50.3 Å². The highest BCUT2D eigenvalue weighted by Crippen LogP contribution is 2.24. The lowest BCUT2D eigenvalue weighted by atomic mass is 9.90. The average Bonchev–Trinajstić information content (AvgIpc) is 2.81. The number of carbonyl (C=O) groups is 2. The number of carbonyl (C=O) groups excluding carboxylic acids is 2. The SMILES string of the molecule is O=C1CCCc2ccc(NC(=O)N3CCCN(CC(F)F)CC3)cc21. The summed E-state index contributed by atoms with van der Waals surface area (Å²) in [4.78, 5) is 27.8. The minimum atomic E-state index is -2.35. The van der Waals surface area contributed by atoms with Gasteiger partial charge in [-0.2, -0.15) is 0 Å². The average molecular weight is 351 g/mol. The van der Waals surface area contributed by atoms with Crippen molar-refractivity contribution in [3.63, 3.8) is 0 Å². The third-order valence-electron chi connectivity index (χ3n) is 4.78. The zero-order chi connectivity index (χ0) is 17.8. The molecule has 1 fully saturated rings. The predicted octanol–water partition coefficient (Wildman–Crippen LogP) is 3.01. The minimum absolute atomic E-state index is 0.120. The van der Waals surface area contributed by atoms with Crippen molar-refractivity contribution in [3.05, 3.63) is 29.3 Å². The van der Waals surface area contributed by atoms with Gasteiger partial charge in [0.15, 0.2) is 5.78 Å². The minimum Gasteiger partial charge on any atom is -0.323 e. The van der Waals surface area contributed by atoms with Gasteiger partial charge in [0.05, 0.1) is 6.54 Å². The van der Waals surface area contributed by atoms with Crippen LogP contribution >= 0.6 is 0 Å². The van der Waals surface area contributed by atoms with Crippen molar-refractivity contribution in [2.75, 3.05) is 38.0 Å². The summed E-state index contributed by atoms with van der Waals surface area (Å²) in [5.74, 6) is 0.120. The number of aryl methyl sites for hydroxylation is 1. The number of alkyl halides is 2. The van der Waals surface area contributed by atoms with Crippen molar-refractivity contribution in [3.8, 4) is 0 Å². The van der Waals surface area contributed by atoms with Crippen LogP contribution in [0.5, 0.6) is 0 Å². The summed E-state index contributed by atoms with van der Waals surface area (Å²) < 4.78 is 25.0. The maximum atomic E-state index is 12.5. The van der Waals surface area contributed by atoms with E-state index >= 15 is 0 Å². The third kappa shape index (κ3) is 4.54. The van der Waals surface area contributed by atoms with E-state index in [0.717, 1.165) is 18.4 Å². The monoisotopic (exact) mass is 351 g/mol. The van der Waals surface area contributed by atoms with Gasteiger partial charge in [-0.15, -0.1) is 0 Å². The number of fused-ring (bicyclic) bond motifs is 1. The predicted molar refractivity (Wildman–Crippen MR) is 91.4 cm³/mol. The smallest absolute Gasteiger partial charge is 0.321 e. The Labute approximate surface area is 146 Å². The van der Waals surface area contributed by atoms with Crippen LogP contribution in [0.1, 0.15) is 35.2 Å². The summed E-state index contributed by atoms with van der Waals surface area (Å²) in [7, 11) is 0. The van der Waals surface area contributed by atoms with E-state index in [1.54, 1.807) is 15.9 Å². The summed E-state index contributed by atoms with van der Waals surface area (Å²) >= 11 is 0. The number of hydrogen-bond acceptors (Lipinski definition) is 3. The summed E-state index contributed by atoms with van der Waals surface area (Å²) in [6, 6.07) is 5.21. The molecular weight excluding hydrogens is 328 g/mol. The van der Waals surface area contributed by atoms with Crippen LogP contribution in [0, 0.1) is 0 Å². The summed E-state index contributed by atoms with van der Waals surface area (Å²) in [5, 5.41) is 2.83. The molecule has 5 nitrogen and oxygen atoms in total. The number of halogens is 2. The Morgan fingerprint density at radius 3 is 2.76 bits per heavy atom. The van der Waals surface area contributed by atoms with Crippen molar-refractivity contribution in [2.24, 2.45) is 0 Å². The second-order valence-corrected chi connectivity index (χ2v) is 6.61. The topological polar surface area (TPSA) is 52.7 Å². The molecule has 1 aromatic carbocycles. The third-order valence-corrected chi connectivity index (χ3v) is 4.78. The molecule has 7 heteroatoms. The van der Waals surface area contributed by atoms with Crippen LogP contribution in [0.2, 0.25) is 0 Å². The molecule has 0 aromatic heterocycles. The Bertz CT molecular complexity index is 651. The van der Waals surface area contributed by atoms with Crippen molar-refractivity contribution in [2.45, 2.75) is 32.1 Å². The van der Waals surface area contributed by atoms with Crippen LogP contribution in [0.4, 0.5) is 19.3 Å². The lowest BCUT2D eigenvalue weighted by Crippen LogP contribution is -2.38. The largest absolute Gasteiger partial charge is 0.323 e. The maximum Gasteiger partial charge on any atom is 0.321 e. The molecule has 1 aliphatic heterocycles. The van der Waals surface area contributed by atoms with E-state index in [-0.39, 0.29) is 18.4 Å². The highest BCUT2D eigenvalue weighted by atomic mass is 19.3. The summed E-state index contributed by atoms with van der Waals surface area (Å²) in [6.07, 6.45) is 0.634. The molecule has 25 heavy (non-hydrogen) atoms. The van der Waals surface area contributed by atoms with Crippen LogP contribution in [-0.2, 0) is 6.42 Å². The molecule has 2 aliphatic rings. The molecule has 0 spiro atoms. The van der Waals surface area contributed by atoms with Crippen molar-refractivity contribution in [1.29, 1.82) is 0 Å². The van der Waals surface area contributed by atoms with Crippen LogP contribution in [-0.4, -0.2) is 60.8 Å². The maximum absolute atomic E-state index is 12.5. The Morgan fingerprint density at radius 2 is 1.96 bits per heavy atom. The Kier molecular flexibility index (Phi) is 5.63. The zero-order valence-corrected chi connectivity index (χ0v) is 14.1. The molecule has 0 radical (unpaired) electrons. The van der Waals surface area contributed by atoms with Gasteiger partial charge in [0, 0.05) is 43.9 Å². The fraction of sp³-hybridized carbons (Fsp3) is 0.556. The second kappa shape index (κ2) is 7.91. The Hall–Kier alpha value is -2.02. The molecule has 2 amide bonds. The molecule has 1 saturated heterocycles. The molecule has 0 unspecified atom stereocenters. The lowest BCUT2D eigenvalue weighted by molar-refractivity contribution is 0.0904. The van der Waals surface area contributed by atoms with Gasteiger partial charge >= 0.3 is 6.03 Å². The first-order valence-corrected chi connectivity index (χ1v) is 8.75. The zero-order valence-electron chi connectivity index (χ0n) is 14.1. The number of nitrogens with one attached hydrogen (secondary N) is 1. The molecule has 0 bridgehead atoms. The molecule has 0 saturated carbocycles. The highest BCUT2D eigenvalue weighted by molar-refractivity contribution is 6.00. The first-order chi connectivity index (χ1) is 12.0. The Morgan fingerprint density at radius 1 is 1.12 bits per heavy atom. The number of rotatable bonds is 3. The van der Waals surface area contributed by atoms with Crippen LogP contribution < -0.4 is 5.32 Å². The number of urea groups is 1. The number of ketones is 1. The normalized spacial score (nSPS) is 18.8. The number of nitrogens with zero attached hydrogens (tertiary/aromatic N) is 2. The van der Waals surface area contributed by atoms with Gasteiger partial charge in [0.25, 0.3) is 6.43 Å². The molecule has 1 aliphatic carbocycles. The molecule has 136 valence electrons. The Balaban J connectivity index is 1.60. The van der Waals surface area contributed by atoms with Crippen molar-refractivity contribution in [1.82, 2.24) is 9.80 Å². The number of benzene rings is 1. The van der Waals surface area contributed by atoms with E-state index in [4.69, 9.17) is 0 Å². The van der Waals surface area contributed by atoms with Gasteiger partial charge in [0.1, 0.15) is 0 Å².